The fraction of sp³-hybridized carbons (Fsp3) is 0.148. The molecule has 9 nitrogen and oxygen atoms in total. The lowest BCUT2D eigenvalue weighted by Gasteiger charge is -2.11. The number of amides is 1. The normalized spacial score (nSPS) is 11.5. The summed E-state index contributed by atoms with van der Waals surface area (Å²) in [5.41, 5.74) is 4.95. The lowest BCUT2D eigenvalue weighted by atomic mass is 10.1. The van der Waals surface area contributed by atoms with Crippen molar-refractivity contribution in [2.24, 2.45) is 5.10 Å². The minimum absolute atomic E-state index is 0.133. The van der Waals surface area contributed by atoms with Crippen LogP contribution in [0.25, 0.3) is 5.69 Å². The fourth-order valence-electron chi connectivity index (χ4n) is 3.90. The monoisotopic (exact) mass is 537 g/mol. The molecule has 0 saturated heterocycles. The minimum atomic E-state index is -4.48. The molecular weight excluding hydrogens is 515 g/mol. The number of carbonyl (C=O) groups excluding carboxylic acids is 1. The maximum absolute atomic E-state index is 12.9. The van der Waals surface area contributed by atoms with Crippen LogP contribution in [0.4, 0.5) is 18.9 Å². The Morgan fingerprint density at radius 2 is 1.87 bits per heavy atom. The summed E-state index contributed by atoms with van der Waals surface area (Å²) in [5.74, 6) is 0.167. The molecule has 0 atom stereocenters. The second-order valence-corrected chi connectivity index (χ2v) is 8.54. The highest BCUT2D eigenvalue weighted by atomic mass is 19.4. The highest BCUT2D eigenvalue weighted by molar-refractivity contribution is 5.84. The van der Waals surface area contributed by atoms with Crippen molar-refractivity contribution in [2.75, 3.05) is 0 Å². The molecule has 4 rings (SSSR count). The summed E-state index contributed by atoms with van der Waals surface area (Å²) in [6.45, 7) is 3.78. The minimum Gasteiger partial charge on any atom is -0.439 e. The molecule has 0 bridgehead atoms. The molecular formula is C27H22F3N5O4. The Labute approximate surface area is 220 Å². The number of hydrogen-bond acceptors (Lipinski definition) is 6. The Morgan fingerprint density at radius 1 is 1.13 bits per heavy atom. The number of ether oxygens (including phenoxy) is 1. The van der Waals surface area contributed by atoms with Crippen molar-refractivity contribution < 1.29 is 27.6 Å². The van der Waals surface area contributed by atoms with Gasteiger partial charge in [-0.2, -0.15) is 18.3 Å². The number of rotatable bonds is 8. The van der Waals surface area contributed by atoms with Crippen molar-refractivity contribution in [3.63, 3.8) is 0 Å². The highest BCUT2D eigenvalue weighted by Crippen LogP contribution is 2.29. The number of alkyl halides is 3. The second-order valence-electron chi connectivity index (χ2n) is 8.54. The van der Waals surface area contributed by atoms with Crippen molar-refractivity contribution in [2.45, 2.75) is 26.4 Å². The molecule has 0 aliphatic carbocycles. The third-order valence-corrected chi connectivity index (χ3v) is 5.73. The number of nitrogens with zero attached hydrogens (tertiary/aromatic N) is 4. The van der Waals surface area contributed by atoms with Crippen LogP contribution in [0.2, 0.25) is 0 Å². The quantitative estimate of drug-likeness (QED) is 0.171. The van der Waals surface area contributed by atoms with Crippen molar-refractivity contribution in [3.05, 3.63) is 111 Å². The standard InChI is InChI=1S/C27H22F3N5O4/c1-17-12-20(15-32-33-25(36)14-19-4-3-5-21(13-19)27(28,29)30)18(2)34(17)22-6-9-24(10-7-22)39-26-11-8-23(16-31-26)35(37)38/h3-13,15-16H,14H2,1-2H3,(H,33,36)/b32-15-. The van der Waals surface area contributed by atoms with Crippen LogP contribution in [0.15, 0.2) is 78.0 Å². The number of hydrazone groups is 1. The van der Waals surface area contributed by atoms with Gasteiger partial charge in [-0.15, -0.1) is 0 Å². The van der Waals surface area contributed by atoms with Gasteiger partial charge < -0.3 is 9.30 Å². The zero-order chi connectivity index (χ0) is 28.2. The van der Waals surface area contributed by atoms with E-state index >= 15 is 0 Å². The molecule has 0 fully saturated rings. The number of benzene rings is 2. The highest BCUT2D eigenvalue weighted by Gasteiger charge is 2.30. The Balaban J connectivity index is 1.40. The lowest BCUT2D eigenvalue weighted by Crippen LogP contribution is -2.20. The van der Waals surface area contributed by atoms with E-state index in [0.717, 1.165) is 41.0 Å². The number of aryl methyl sites for hydroxylation is 1. The molecule has 0 spiro atoms. The summed E-state index contributed by atoms with van der Waals surface area (Å²) in [4.78, 5) is 26.3. The van der Waals surface area contributed by atoms with E-state index < -0.39 is 22.6 Å². The van der Waals surface area contributed by atoms with Gasteiger partial charge in [0.15, 0.2) is 0 Å². The summed E-state index contributed by atoms with van der Waals surface area (Å²) in [6, 6.07) is 16.3. The summed E-state index contributed by atoms with van der Waals surface area (Å²) < 4.78 is 46.3. The molecule has 12 heteroatoms. The van der Waals surface area contributed by atoms with Gasteiger partial charge in [-0.3, -0.25) is 14.9 Å². The molecule has 200 valence electrons. The Kier molecular flexibility index (Phi) is 7.75. The van der Waals surface area contributed by atoms with Gasteiger partial charge in [0, 0.05) is 34.8 Å². The number of halogens is 3. The molecule has 0 aliphatic heterocycles. The first-order valence-electron chi connectivity index (χ1n) is 11.6. The van der Waals surface area contributed by atoms with Gasteiger partial charge in [0.05, 0.1) is 23.1 Å². The molecule has 1 amide bonds. The zero-order valence-corrected chi connectivity index (χ0v) is 20.8. The largest absolute Gasteiger partial charge is 0.439 e. The van der Waals surface area contributed by atoms with Crippen LogP contribution in [0.1, 0.15) is 28.1 Å². The predicted octanol–water partition coefficient (Wildman–Crippen LogP) is 5.90. The molecule has 0 saturated carbocycles. The van der Waals surface area contributed by atoms with Gasteiger partial charge in [-0.1, -0.05) is 18.2 Å². The van der Waals surface area contributed by atoms with E-state index in [1.807, 2.05) is 36.6 Å². The van der Waals surface area contributed by atoms with Gasteiger partial charge in [-0.05, 0) is 55.8 Å². The number of aromatic nitrogens is 2. The average Bonchev–Trinajstić information content (AvgIpc) is 3.17. The third kappa shape index (κ3) is 6.66. The maximum atomic E-state index is 12.9. The molecule has 39 heavy (non-hydrogen) atoms. The van der Waals surface area contributed by atoms with E-state index in [4.69, 9.17) is 4.74 Å². The van der Waals surface area contributed by atoms with Crippen LogP contribution in [0, 0.1) is 24.0 Å². The number of nitro groups is 1. The topological polar surface area (TPSA) is 112 Å². The Hall–Kier alpha value is -5.00. The molecule has 0 radical (unpaired) electrons. The van der Waals surface area contributed by atoms with Crippen molar-refractivity contribution in [3.8, 4) is 17.3 Å². The summed E-state index contributed by atoms with van der Waals surface area (Å²) in [6.07, 6.45) is -2.14. The zero-order valence-electron chi connectivity index (χ0n) is 20.8. The number of pyridine rings is 1. The van der Waals surface area contributed by atoms with Gasteiger partial charge >= 0.3 is 6.18 Å². The maximum Gasteiger partial charge on any atom is 0.416 e. The van der Waals surface area contributed by atoms with E-state index in [-0.39, 0.29) is 23.6 Å². The van der Waals surface area contributed by atoms with Crippen molar-refractivity contribution in [1.29, 1.82) is 0 Å². The SMILES string of the molecule is Cc1cc(/C=N\NC(=O)Cc2cccc(C(F)(F)F)c2)c(C)n1-c1ccc(Oc2ccc([N+](=O)[O-])cn2)cc1. The van der Waals surface area contributed by atoms with Crippen LogP contribution in [0.5, 0.6) is 11.6 Å². The Morgan fingerprint density at radius 3 is 2.51 bits per heavy atom. The predicted molar refractivity (Wildman–Crippen MR) is 137 cm³/mol. The van der Waals surface area contributed by atoms with Crippen LogP contribution < -0.4 is 10.2 Å². The molecule has 1 N–H and O–H groups in total. The fourth-order valence-corrected chi connectivity index (χ4v) is 3.90. The van der Waals surface area contributed by atoms with E-state index in [9.17, 15) is 28.1 Å². The van der Waals surface area contributed by atoms with Gasteiger partial charge in [0.1, 0.15) is 11.9 Å². The van der Waals surface area contributed by atoms with E-state index in [0.29, 0.717) is 5.75 Å². The first-order valence-corrected chi connectivity index (χ1v) is 11.6. The number of hydrogen-bond donors (Lipinski definition) is 1. The first-order chi connectivity index (χ1) is 18.5. The van der Waals surface area contributed by atoms with Gasteiger partial charge in [0.2, 0.25) is 11.8 Å². The summed E-state index contributed by atoms with van der Waals surface area (Å²) in [5, 5.41) is 14.7. The summed E-state index contributed by atoms with van der Waals surface area (Å²) in [7, 11) is 0. The van der Waals surface area contributed by atoms with E-state index in [2.05, 4.69) is 15.5 Å². The first kappa shape index (κ1) is 27.0. The van der Waals surface area contributed by atoms with E-state index in [1.165, 1.54) is 30.5 Å². The smallest absolute Gasteiger partial charge is 0.416 e. The molecule has 4 aromatic rings. The van der Waals surface area contributed by atoms with Crippen LogP contribution in [-0.2, 0) is 17.4 Å². The van der Waals surface area contributed by atoms with Crippen molar-refractivity contribution in [1.82, 2.24) is 15.0 Å². The molecule has 2 aromatic carbocycles. The summed E-state index contributed by atoms with van der Waals surface area (Å²) >= 11 is 0. The average molecular weight is 537 g/mol. The molecule has 0 aliphatic rings. The van der Waals surface area contributed by atoms with Gasteiger partial charge in [-0.25, -0.2) is 10.4 Å². The van der Waals surface area contributed by atoms with E-state index in [1.54, 1.807) is 12.1 Å². The molecule has 2 heterocycles. The Bertz CT molecular complexity index is 1530. The number of carbonyl (C=O) groups is 1. The third-order valence-electron chi connectivity index (χ3n) is 5.73. The van der Waals surface area contributed by atoms with Gasteiger partial charge in [0.25, 0.3) is 5.69 Å². The molecule has 0 unspecified atom stereocenters. The second kappa shape index (κ2) is 11.2. The van der Waals surface area contributed by atoms with Crippen molar-refractivity contribution >= 4 is 17.8 Å². The van der Waals surface area contributed by atoms with Crippen LogP contribution in [0.3, 0.4) is 0 Å². The van der Waals surface area contributed by atoms with Crippen LogP contribution >= 0.6 is 0 Å². The molecule has 2 aromatic heterocycles. The number of nitrogens with one attached hydrogen (secondary N) is 1. The van der Waals surface area contributed by atoms with Crippen LogP contribution in [-0.4, -0.2) is 26.6 Å². The lowest BCUT2D eigenvalue weighted by molar-refractivity contribution is -0.385.